The van der Waals surface area contributed by atoms with Gasteiger partial charge >= 0.3 is 11.9 Å². The van der Waals surface area contributed by atoms with Crippen molar-refractivity contribution in [3.63, 3.8) is 0 Å². The lowest BCUT2D eigenvalue weighted by Crippen LogP contribution is -2.41. The van der Waals surface area contributed by atoms with Gasteiger partial charge in [0, 0.05) is 20.3 Å². The molecule has 1 unspecified atom stereocenters. The van der Waals surface area contributed by atoms with Crippen LogP contribution < -0.4 is 0 Å². The third kappa shape index (κ3) is 7.69. The third-order valence-electron chi connectivity index (χ3n) is 5.86. The molecule has 1 aliphatic carbocycles. The highest BCUT2D eigenvalue weighted by Gasteiger charge is 2.41. The van der Waals surface area contributed by atoms with E-state index in [2.05, 4.69) is 6.58 Å². The minimum Gasteiger partial charge on any atom is -0.456 e. The summed E-state index contributed by atoms with van der Waals surface area (Å²) in [7, 11) is 0. The summed E-state index contributed by atoms with van der Waals surface area (Å²) < 4.78 is 16.3. The summed E-state index contributed by atoms with van der Waals surface area (Å²) in [5, 5.41) is 0. The summed E-state index contributed by atoms with van der Waals surface area (Å²) in [6.45, 7) is 12.8. The number of esters is 2. The summed E-state index contributed by atoms with van der Waals surface area (Å²) >= 11 is 0. The fraction of sp³-hybridized carbons (Fsp3) is 0.615. The van der Waals surface area contributed by atoms with Crippen LogP contribution in [-0.4, -0.2) is 34.9 Å². The first kappa shape index (κ1) is 26.6. The number of unbranched alkanes of at least 4 members (excludes halogenated alkanes) is 2. The van der Waals surface area contributed by atoms with Gasteiger partial charge in [0.2, 0.25) is 5.79 Å². The van der Waals surface area contributed by atoms with Gasteiger partial charge in [-0.1, -0.05) is 38.0 Å². The van der Waals surface area contributed by atoms with Crippen molar-refractivity contribution < 1.29 is 33.4 Å². The van der Waals surface area contributed by atoms with Crippen LogP contribution in [0.15, 0.2) is 36.1 Å². The first-order valence-electron chi connectivity index (χ1n) is 11.6. The highest BCUT2D eigenvalue weighted by atomic mass is 16.7. The molecule has 2 aliphatic rings. The molecule has 0 saturated heterocycles. The largest absolute Gasteiger partial charge is 0.456 e. The van der Waals surface area contributed by atoms with Crippen molar-refractivity contribution in [2.24, 2.45) is 11.8 Å². The van der Waals surface area contributed by atoms with Crippen LogP contribution in [0.2, 0.25) is 0 Å². The van der Waals surface area contributed by atoms with Gasteiger partial charge in [-0.3, -0.25) is 14.4 Å². The summed E-state index contributed by atoms with van der Waals surface area (Å²) in [6, 6.07) is 0. The summed E-state index contributed by atoms with van der Waals surface area (Å²) in [4.78, 5) is 50.9. The number of ether oxygens (including phenoxy) is 3. The Morgan fingerprint density at radius 1 is 1.18 bits per heavy atom. The number of carbonyl (C=O) groups excluding carboxylic acids is 4. The average molecular weight is 461 g/mol. The highest BCUT2D eigenvalue weighted by Crippen LogP contribution is 2.33. The standard InChI is InChI=1S/C26H36O7/c1-7-8-9-10-20(27)23(21(28)15-19-16-22(29)32-25(4,5)31-19)24(30)33-26(6)13-11-18(12-14-26)17(2)3/h11,13,16,18,23H,2,7-10,12,14-15H2,1,3-6H3/t18-,23?,26-/m0/s1. The number of ketones is 2. The molecule has 33 heavy (non-hydrogen) atoms. The molecule has 7 nitrogen and oxygen atoms in total. The third-order valence-corrected chi connectivity index (χ3v) is 5.86. The minimum atomic E-state index is -1.56. The molecule has 0 spiro atoms. The number of carbonyl (C=O) groups is 4. The fourth-order valence-corrected chi connectivity index (χ4v) is 3.99. The van der Waals surface area contributed by atoms with Gasteiger partial charge in [-0.25, -0.2) is 4.79 Å². The molecule has 1 aliphatic heterocycles. The molecule has 0 fully saturated rings. The molecule has 0 amide bonds. The monoisotopic (exact) mass is 460 g/mol. The predicted octanol–water partition coefficient (Wildman–Crippen LogP) is 4.75. The zero-order valence-corrected chi connectivity index (χ0v) is 20.4. The van der Waals surface area contributed by atoms with E-state index in [1.807, 2.05) is 26.0 Å². The molecule has 2 rings (SSSR count). The SMILES string of the molecule is C=C(C)[C@H]1C=C[C@](C)(OC(=O)C(C(=O)CCCCC)C(=O)CC2=CC(=O)OC(C)(C)O2)CC1. The van der Waals surface area contributed by atoms with E-state index in [9.17, 15) is 19.2 Å². The lowest BCUT2D eigenvalue weighted by atomic mass is 9.83. The van der Waals surface area contributed by atoms with Crippen LogP contribution in [0.1, 0.15) is 79.6 Å². The average Bonchev–Trinajstić information content (AvgIpc) is 2.66. The Balaban J connectivity index is 2.19. The molecule has 0 aromatic heterocycles. The van der Waals surface area contributed by atoms with E-state index in [0.717, 1.165) is 30.9 Å². The van der Waals surface area contributed by atoms with Crippen LogP contribution >= 0.6 is 0 Å². The molecule has 3 atom stereocenters. The van der Waals surface area contributed by atoms with Crippen molar-refractivity contribution >= 4 is 23.5 Å². The Morgan fingerprint density at radius 3 is 2.42 bits per heavy atom. The van der Waals surface area contributed by atoms with Crippen LogP contribution in [0.4, 0.5) is 0 Å². The molecule has 1 heterocycles. The van der Waals surface area contributed by atoms with Crippen molar-refractivity contribution in [3.8, 4) is 0 Å². The number of Topliss-reactive ketones (excluding diaryl/α,β-unsaturated/α-hetero) is 2. The zero-order chi connectivity index (χ0) is 24.8. The number of cyclic esters (lactones) is 1. The molecule has 0 N–H and O–H groups in total. The first-order chi connectivity index (χ1) is 15.4. The molecule has 0 aromatic rings. The van der Waals surface area contributed by atoms with Gasteiger partial charge in [0.25, 0.3) is 0 Å². The molecule has 0 bridgehead atoms. The van der Waals surface area contributed by atoms with Gasteiger partial charge in [-0.05, 0) is 45.1 Å². The molecular formula is C26H36O7. The molecular weight excluding hydrogens is 424 g/mol. The van der Waals surface area contributed by atoms with Gasteiger partial charge < -0.3 is 14.2 Å². The van der Waals surface area contributed by atoms with Crippen molar-refractivity contribution in [3.05, 3.63) is 36.1 Å². The van der Waals surface area contributed by atoms with E-state index in [1.165, 1.54) is 0 Å². The van der Waals surface area contributed by atoms with Crippen molar-refractivity contribution in [1.29, 1.82) is 0 Å². The predicted molar refractivity (Wildman–Crippen MR) is 123 cm³/mol. The second kappa shape index (κ2) is 10.9. The van der Waals surface area contributed by atoms with Crippen LogP contribution in [-0.2, 0) is 33.4 Å². The molecule has 0 radical (unpaired) electrons. The van der Waals surface area contributed by atoms with E-state index in [-0.39, 0.29) is 24.5 Å². The second-order valence-electron chi connectivity index (χ2n) is 9.62. The highest BCUT2D eigenvalue weighted by molar-refractivity contribution is 6.17. The van der Waals surface area contributed by atoms with E-state index in [1.54, 1.807) is 20.8 Å². The Hall–Kier alpha value is -2.70. The lowest BCUT2D eigenvalue weighted by molar-refractivity contribution is -0.205. The van der Waals surface area contributed by atoms with Gasteiger partial charge in [-0.2, -0.15) is 0 Å². The van der Waals surface area contributed by atoms with Crippen LogP contribution in [0.3, 0.4) is 0 Å². The Morgan fingerprint density at radius 2 is 1.88 bits per heavy atom. The summed E-state index contributed by atoms with van der Waals surface area (Å²) in [5.41, 5.74) is 0.124. The Bertz CT molecular complexity index is 864. The van der Waals surface area contributed by atoms with E-state index in [4.69, 9.17) is 14.2 Å². The fourth-order valence-electron chi connectivity index (χ4n) is 3.99. The molecule has 0 saturated carbocycles. The maximum atomic E-state index is 13.1. The van der Waals surface area contributed by atoms with Crippen molar-refractivity contribution in [1.82, 2.24) is 0 Å². The Labute approximate surface area is 196 Å². The molecule has 0 aromatic carbocycles. The first-order valence-corrected chi connectivity index (χ1v) is 11.6. The van der Waals surface area contributed by atoms with Gasteiger partial charge in [-0.15, -0.1) is 0 Å². The molecule has 182 valence electrons. The number of hydrogen-bond donors (Lipinski definition) is 0. The smallest absolute Gasteiger partial charge is 0.337 e. The topological polar surface area (TPSA) is 96.0 Å². The van der Waals surface area contributed by atoms with Gasteiger partial charge in [0.05, 0.1) is 12.5 Å². The maximum Gasteiger partial charge on any atom is 0.337 e. The summed E-state index contributed by atoms with van der Waals surface area (Å²) in [6.07, 6.45) is 8.19. The number of allylic oxidation sites excluding steroid dienone is 3. The number of rotatable bonds is 11. The van der Waals surface area contributed by atoms with E-state index < -0.39 is 40.8 Å². The zero-order valence-electron chi connectivity index (χ0n) is 20.4. The second-order valence-corrected chi connectivity index (χ2v) is 9.62. The van der Waals surface area contributed by atoms with E-state index in [0.29, 0.717) is 12.8 Å². The van der Waals surface area contributed by atoms with Crippen LogP contribution in [0.25, 0.3) is 0 Å². The van der Waals surface area contributed by atoms with Crippen LogP contribution in [0.5, 0.6) is 0 Å². The quantitative estimate of drug-likeness (QED) is 0.190. The van der Waals surface area contributed by atoms with Gasteiger partial charge in [0.1, 0.15) is 11.4 Å². The Kier molecular flexibility index (Phi) is 8.81. The van der Waals surface area contributed by atoms with E-state index >= 15 is 0 Å². The van der Waals surface area contributed by atoms with Crippen LogP contribution in [0, 0.1) is 11.8 Å². The minimum absolute atomic E-state index is 0.0634. The van der Waals surface area contributed by atoms with Gasteiger partial charge in [0.15, 0.2) is 17.5 Å². The van der Waals surface area contributed by atoms with Crippen molar-refractivity contribution in [2.45, 2.75) is 91.0 Å². The maximum absolute atomic E-state index is 13.1. The molecule has 7 heteroatoms. The van der Waals surface area contributed by atoms with Crippen molar-refractivity contribution in [2.75, 3.05) is 0 Å². The number of hydrogen-bond acceptors (Lipinski definition) is 7. The lowest BCUT2D eigenvalue weighted by Gasteiger charge is -2.33. The summed E-state index contributed by atoms with van der Waals surface area (Å²) in [5.74, 6) is -5.15. The normalized spacial score (nSPS) is 24.7.